The Bertz CT molecular complexity index is 910. The number of carbonyl (C=O) groups excluding carboxylic acids is 1. The van der Waals surface area contributed by atoms with Gasteiger partial charge in [0.1, 0.15) is 17.5 Å². The summed E-state index contributed by atoms with van der Waals surface area (Å²) in [5, 5.41) is 4.21. The molecule has 1 fully saturated rings. The van der Waals surface area contributed by atoms with Crippen LogP contribution in [0.2, 0.25) is 0 Å². The number of carbonyl (C=O) groups is 1. The fourth-order valence-corrected chi connectivity index (χ4v) is 3.38. The molecule has 7 heteroatoms. The number of benzene rings is 1. The number of hydrogen-bond donors (Lipinski definition) is 0. The minimum Gasteiger partial charge on any atom is -0.466 e. The summed E-state index contributed by atoms with van der Waals surface area (Å²) in [5.41, 5.74) is 2.87. The van der Waals surface area contributed by atoms with Crippen molar-refractivity contribution >= 4 is 22.9 Å². The summed E-state index contributed by atoms with van der Waals surface area (Å²) < 4.78 is 10.8. The van der Waals surface area contributed by atoms with Gasteiger partial charge in [-0.25, -0.2) is 9.97 Å². The molecule has 2 aromatic heterocycles. The van der Waals surface area contributed by atoms with Gasteiger partial charge in [0, 0.05) is 18.7 Å². The Morgan fingerprint density at radius 1 is 1.31 bits per heavy atom. The second kappa shape index (κ2) is 7.11. The molecule has 1 saturated heterocycles. The number of piperidine rings is 1. The molecule has 1 aliphatic heterocycles. The highest BCUT2D eigenvalue weighted by atomic mass is 16.5. The molecule has 0 aliphatic carbocycles. The number of fused-ring (bicyclic) bond motifs is 1. The number of rotatable bonds is 4. The monoisotopic (exact) mass is 352 g/mol. The second-order valence-electron chi connectivity index (χ2n) is 6.31. The van der Waals surface area contributed by atoms with Gasteiger partial charge in [-0.1, -0.05) is 35.5 Å². The lowest BCUT2D eigenvalue weighted by Gasteiger charge is -2.31. The zero-order valence-corrected chi connectivity index (χ0v) is 14.6. The molecule has 0 saturated carbocycles. The number of esters is 1. The molecule has 0 amide bonds. The van der Waals surface area contributed by atoms with Crippen LogP contribution in [0.15, 0.2) is 41.2 Å². The number of aromatic nitrogens is 3. The van der Waals surface area contributed by atoms with Gasteiger partial charge >= 0.3 is 5.97 Å². The van der Waals surface area contributed by atoms with Gasteiger partial charge in [-0.15, -0.1) is 0 Å². The molecule has 1 aliphatic rings. The van der Waals surface area contributed by atoms with Crippen molar-refractivity contribution < 1.29 is 14.1 Å². The van der Waals surface area contributed by atoms with E-state index < -0.39 is 0 Å². The van der Waals surface area contributed by atoms with E-state index in [4.69, 9.17) is 9.26 Å². The highest BCUT2D eigenvalue weighted by Gasteiger charge is 2.29. The number of ether oxygens (including phenoxy) is 1. The molecule has 1 atom stereocenters. The van der Waals surface area contributed by atoms with Gasteiger partial charge in [0.25, 0.3) is 0 Å². The van der Waals surface area contributed by atoms with Crippen LogP contribution in [-0.4, -0.2) is 40.8 Å². The standard InChI is InChI=1S/C19H20N4O3/c1-2-25-19(24)14-9-6-10-23(11-14)18-17-16(20-12-21-18)15(22-26-17)13-7-4-3-5-8-13/h3-5,7-8,12,14H,2,6,9-11H2,1H3. The average molecular weight is 352 g/mol. The Hall–Kier alpha value is -2.96. The van der Waals surface area contributed by atoms with Gasteiger partial charge < -0.3 is 14.2 Å². The molecule has 7 nitrogen and oxygen atoms in total. The van der Waals surface area contributed by atoms with Crippen LogP contribution in [0.5, 0.6) is 0 Å². The van der Waals surface area contributed by atoms with E-state index in [2.05, 4.69) is 20.0 Å². The van der Waals surface area contributed by atoms with Crippen molar-refractivity contribution in [1.82, 2.24) is 15.1 Å². The van der Waals surface area contributed by atoms with Crippen LogP contribution in [-0.2, 0) is 9.53 Å². The fraction of sp³-hybridized carbons (Fsp3) is 0.368. The number of hydrogen-bond acceptors (Lipinski definition) is 7. The summed E-state index contributed by atoms with van der Waals surface area (Å²) >= 11 is 0. The van der Waals surface area contributed by atoms with Crippen molar-refractivity contribution in [2.24, 2.45) is 5.92 Å². The van der Waals surface area contributed by atoms with Crippen LogP contribution in [0, 0.1) is 5.92 Å². The van der Waals surface area contributed by atoms with Crippen LogP contribution in [0.1, 0.15) is 19.8 Å². The Balaban J connectivity index is 1.67. The van der Waals surface area contributed by atoms with Gasteiger partial charge in [0.15, 0.2) is 5.82 Å². The molecule has 134 valence electrons. The lowest BCUT2D eigenvalue weighted by molar-refractivity contribution is -0.148. The third-order valence-electron chi connectivity index (χ3n) is 4.63. The van der Waals surface area contributed by atoms with E-state index >= 15 is 0 Å². The van der Waals surface area contributed by atoms with Crippen LogP contribution < -0.4 is 4.90 Å². The van der Waals surface area contributed by atoms with Crippen molar-refractivity contribution in [3.05, 3.63) is 36.7 Å². The zero-order chi connectivity index (χ0) is 17.9. The van der Waals surface area contributed by atoms with E-state index in [1.807, 2.05) is 37.3 Å². The largest absolute Gasteiger partial charge is 0.466 e. The summed E-state index contributed by atoms with van der Waals surface area (Å²) in [5.74, 6) is 0.383. The minimum atomic E-state index is -0.148. The van der Waals surface area contributed by atoms with Crippen molar-refractivity contribution in [1.29, 1.82) is 0 Å². The maximum atomic E-state index is 12.1. The van der Waals surface area contributed by atoms with Gasteiger partial charge in [0.2, 0.25) is 5.58 Å². The molecule has 1 unspecified atom stereocenters. The molecule has 4 rings (SSSR count). The molecule has 0 N–H and O–H groups in total. The lowest BCUT2D eigenvalue weighted by Crippen LogP contribution is -2.40. The summed E-state index contributed by atoms with van der Waals surface area (Å²) in [6, 6.07) is 9.79. The van der Waals surface area contributed by atoms with E-state index in [9.17, 15) is 4.79 Å². The summed E-state index contributed by atoms with van der Waals surface area (Å²) in [7, 11) is 0. The fourth-order valence-electron chi connectivity index (χ4n) is 3.38. The first-order valence-corrected chi connectivity index (χ1v) is 8.85. The molecule has 0 bridgehead atoms. The molecule has 1 aromatic carbocycles. The maximum absolute atomic E-state index is 12.1. The van der Waals surface area contributed by atoms with E-state index in [1.54, 1.807) is 0 Å². The van der Waals surface area contributed by atoms with Gasteiger partial charge in [0.05, 0.1) is 12.5 Å². The first kappa shape index (κ1) is 16.5. The topological polar surface area (TPSA) is 81.4 Å². The Kier molecular flexibility index (Phi) is 4.51. The smallest absolute Gasteiger partial charge is 0.310 e. The molecular formula is C19H20N4O3. The predicted molar refractivity (Wildman–Crippen MR) is 96.6 cm³/mol. The van der Waals surface area contributed by atoms with Crippen LogP contribution in [0.25, 0.3) is 22.4 Å². The third-order valence-corrected chi connectivity index (χ3v) is 4.63. The highest BCUT2D eigenvalue weighted by molar-refractivity contribution is 5.93. The Morgan fingerprint density at radius 3 is 2.96 bits per heavy atom. The van der Waals surface area contributed by atoms with Crippen LogP contribution in [0.3, 0.4) is 0 Å². The van der Waals surface area contributed by atoms with Crippen molar-refractivity contribution in [2.45, 2.75) is 19.8 Å². The number of anilines is 1. The Labute approximate surface area is 151 Å². The van der Waals surface area contributed by atoms with E-state index in [0.717, 1.165) is 24.9 Å². The molecular weight excluding hydrogens is 332 g/mol. The molecule has 26 heavy (non-hydrogen) atoms. The van der Waals surface area contributed by atoms with Crippen molar-refractivity contribution in [3.63, 3.8) is 0 Å². The van der Waals surface area contributed by atoms with Gasteiger partial charge in [-0.2, -0.15) is 0 Å². The van der Waals surface area contributed by atoms with Crippen LogP contribution >= 0.6 is 0 Å². The molecule has 0 radical (unpaired) electrons. The molecule has 0 spiro atoms. The summed E-state index contributed by atoms with van der Waals surface area (Å²) in [4.78, 5) is 23.0. The lowest BCUT2D eigenvalue weighted by atomic mass is 9.98. The third kappa shape index (κ3) is 3.00. The first-order valence-electron chi connectivity index (χ1n) is 8.85. The first-order chi connectivity index (χ1) is 12.8. The molecule has 3 heterocycles. The van der Waals surface area contributed by atoms with Crippen LogP contribution in [0.4, 0.5) is 5.82 Å². The number of nitrogens with zero attached hydrogens (tertiary/aromatic N) is 4. The summed E-state index contributed by atoms with van der Waals surface area (Å²) in [6.45, 7) is 3.59. The molecule has 3 aromatic rings. The summed E-state index contributed by atoms with van der Waals surface area (Å²) in [6.07, 6.45) is 3.25. The van der Waals surface area contributed by atoms with Crippen molar-refractivity contribution in [2.75, 3.05) is 24.6 Å². The SMILES string of the molecule is CCOC(=O)C1CCCN(c2ncnc3c(-c4ccccc4)noc23)C1. The van der Waals surface area contributed by atoms with Gasteiger partial charge in [-0.05, 0) is 19.8 Å². The highest BCUT2D eigenvalue weighted by Crippen LogP contribution is 2.32. The minimum absolute atomic E-state index is 0.148. The van der Waals surface area contributed by atoms with Crippen molar-refractivity contribution in [3.8, 4) is 11.3 Å². The maximum Gasteiger partial charge on any atom is 0.310 e. The van der Waals surface area contributed by atoms with Gasteiger partial charge in [-0.3, -0.25) is 4.79 Å². The zero-order valence-electron chi connectivity index (χ0n) is 14.6. The quantitative estimate of drug-likeness (QED) is 0.667. The van der Waals surface area contributed by atoms with E-state index in [0.29, 0.717) is 35.8 Å². The second-order valence-corrected chi connectivity index (χ2v) is 6.31. The van der Waals surface area contributed by atoms with E-state index in [-0.39, 0.29) is 11.9 Å². The normalized spacial score (nSPS) is 17.4. The average Bonchev–Trinajstić information content (AvgIpc) is 3.13. The predicted octanol–water partition coefficient (Wildman–Crippen LogP) is 3.06. The van der Waals surface area contributed by atoms with E-state index in [1.165, 1.54) is 6.33 Å². The Morgan fingerprint density at radius 2 is 2.15 bits per heavy atom.